The summed E-state index contributed by atoms with van der Waals surface area (Å²) in [5, 5.41) is 0. The first-order valence-corrected chi connectivity index (χ1v) is 5.05. The molecule has 1 aliphatic heterocycles. The highest BCUT2D eigenvalue weighted by atomic mass is 16.2. The number of rotatable bonds is 2. The first-order chi connectivity index (χ1) is 7.59. The molecule has 1 heterocycles. The molecule has 0 spiro atoms. The normalized spacial score (nSPS) is 15.7. The second-order valence-corrected chi connectivity index (χ2v) is 3.74. The molecular formula is C12H11NO3. The molecule has 0 saturated carbocycles. The fraction of sp³-hybridized carbons (Fsp3) is 0.250. The maximum atomic E-state index is 11.5. The molecule has 4 nitrogen and oxygen atoms in total. The summed E-state index contributed by atoms with van der Waals surface area (Å²) in [6, 6.07) is 6.76. The lowest BCUT2D eigenvalue weighted by molar-refractivity contribution is -0.133. The van der Waals surface area contributed by atoms with E-state index in [2.05, 4.69) is 0 Å². The fourth-order valence-electron chi connectivity index (χ4n) is 1.71. The highest BCUT2D eigenvalue weighted by molar-refractivity contribution is 6.43. The lowest BCUT2D eigenvalue weighted by Gasteiger charge is -2.14. The maximum absolute atomic E-state index is 11.5. The predicted octanol–water partition coefficient (Wildman–Crippen LogP) is 1.20. The van der Waals surface area contributed by atoms with Gasteiger partial charge in [0.05, 0.1) is 0 Å². The first-order valence-electron chi connectivity index (χ1n) is 5.05. The van der Waals surface area contributed by atoms with Crippen LogP contribution in [0.3, 0.4) is 0 Å². The van der Waals surface area contributed by atoms with Gasteiger partial charge in [0.2, 0.25) is 5.78 Å². The summed E-state index contributed by atoms with van der Waals surface area (Å²) in [7, 11) is 0. The molecule has 0 bridgehead atoms. The Morgan fingerprint density at radius 2 is 2.06 bits per heavy atom. The lowest BCUT2D eigenvalue weighted by Crippen LogP contribution is -2.27. The van der Waals surface area contributed by atoms with E-state index in [1.165, 1.54) is 11.8 Å². The van der Waals surface area contributed by atoms with E-state index in [9.17, 15) is 14.4 Å². The number of Topliss-reactive ketones (excluding diaryl/α,β-unsaturated/α-hetero) is 2. The van der Waals surface area contributed by atoms with E-state index < -0.39 is 5.91 Å². The lowest BCUT2D eigenvalue weighted by atomic mass is 10.1. The molecule has 2 rings (SSSR count). The molecule has 0 unspecified atom stereocenters. The van der Waals surface area contributed by atoms with E-state index in [1.807, 2.05) is 0 Å². The second-order valence-electron chi connectivity index (χ2n) is 3.74. The molecular weight excluding hydrogens is 206 g/mol. The standard InChI is InChI=1S/C12H11NO3/c1-8(14)9-3-2-4-10(7-9)13-6-5-11(15)12(13)16/h2-4,7H,5-6H2,1H3. The van der Waals surface area contributed by atoms with E-state index in [1.54, 1.807) is 24.3 Å². The van der Waals surface area contributed by atoms with Crippen molar-refractivity contribution in [2.24, 2.45) is 0 Å². The number of carbonyl (C=O) groups is 3. The van der Waals surface area contributed by atoms with E-state index in [0.717, 1.165) is 0 Å². The summed E-state index contributed by atoms with van der Waals surface area (Å²) < 4.78 is 0. The molecule has 1 fully saturated rings. The number of nitrogens with zero attached hydrogens (tertiary/aromatic N) is 1. The Kier molecular flexibility index (Phi) is 2.56. The largest absolute Gasteiger partial charge is 0.305 e. The highest BCUT2D eigenvalue weighted by Crippen LogP contribution is 2.20. The number of hydrogen-bond donors (Lipinski definition) is 0. The first kappa shape index (κ1) is 10.5. The van der Waals surface area contributed by atoms with Crippen molar-refractivity contribution in [3.05, 3.63) is 29.8 Å². The van der Waals surface area contributed by atoms with Crippen LogP contribution in [0, 0.1) is 0 Å². The van der Waals surface area contributed by atoms with E-state index in [-0.39, 0.29) is 18.0 Å². The number of benzene rings is 1. The maximum Gasteiger partial charge on any atom is 0.294 e. The molecule has 82 valence electrons. The van der Waals surface area contributed by atoms with E-state index >= 15 is 0 Å². The van der Waals surface area contributed by atoms with Gasteiger partial charge >= 0.3 is 0 Å². The Hall–Kier alpha value is -1.97. The van der Waals surface area contributed by atoms with Crippen molar-refractivity contribution in [2.45, 2.75) is 13.3 Å². The molecule has 0 aromatic heterocycles. The fourth-order valence-corrected chi connectivity index (χ4v) is 1.71. The van der Waals surface area contributed by atoms with Crippen LogP contribution in [0.4, 0.5) is 5.69 Å². The Morgan fingerprint density at radius 1 is 1.31 bits per heavy atom. The van der Waals surface area contributed by atoms with Gasteiger partial charge in [0, 0.05) is 24.2 Å². The molecule has 1 saturated heterocycles. The quantitative estimate of drug-likeness (QED) is 0.552. The van der Waals surface area contributed by atoms with Gasteiger partial charge in [-0.1, -0.05) is 12.1 Å². The van der Waals surface area contributed by atoms with Gasteiger partial charge < -0.3 is 4.90 Å². The van der Waals surface area contributed by atoms with Crippen LogP contribution >= 0.6 is 0 Å². The highest BCUT2D eigenvalue weighted by Gasteiger charge is 2.30. The third-order valence-electron chi connectivity index (χ3n) is 2.61. The Bertz CT molecular complexity index is 479. The van der Waals surface area contributed by atoms with Crippen molar-refractivity contribution in [2.75, 3.05) is 11.4 Å². The van der Waals surface area contributed by atoms with E-state index in [4.69, 9.17) is 0 Å². The minimum absolute atomic E-state index is 0.0557. The van der Waals surface area contributed by atoms with Crippen LogP contribution in [0.5, 0.6) is 0 Å². The molecule has 1 aromatic carbocycles. The van der Waals surface area contributed by atoms with Crippen molar-refractivity contribution >= 4 is 23.2 Å². The number of amides is 1. The molecule has 1 aliphatic rings. The van der Waals surface area contributed by atoms with Crippen molar-refractivity contribution in [1.29, 1.82) is 0 Å². The van der Waals surface area contributed by atoms with Gasteiger partial charge in [-0.25, -0.2) is 0 Å². The van der Waals surface area contributed by atoms with Crippen LogP contribution < -0.4 is 4.90 Å². The van der Waals surface area contributed by atoms with Crippen molar-refractivity contribution < 1.29 is 14.4 Å². The van der Waals surface area contributed by atoms with E-state index in [0.29, 0.717) is 17.8 Å². The van der Waals surface area contributed by atoms with Gasteiger partial charge in [-0.05, 0) is 19.1 Å². The molecule has 0 radical (unpaired) electrons. The average Bonchev–Trinajstić information content (AvgIpc) is 2.60. The number of anilines is 1. The van der Waals surface area contributed by atoms with Crippen LogP contribution in [0.2, 0.25) is 0 Å². The minimum Gasteiger partial charge on any atom is -0.305 e. The molecule has 0 aliphatic carbocycles. The molecule has 1 amide bonds. The number of carbonyl (C=O) groups excluding carboxylic acids is 3. The zero-order chi connectivity index (χ0) is 11.7. The van der Waals surface area contributed by atoms with Crippen LogP contribution in [0.25, 0.3) is 0 Å². The van der Waals surface area contributed by atoms with Gasteiger partial charge in [-0.15, -0.1) is 0 Å². The Morgan fingerprint density at radius 3 is 2.62 bits per heavy atom. The SMILES string of the molecule is CC(=O)c1cccc(N2CCC(=O)C2=O)c1. The topological polar surface area (TPSA) is 54.5 Å². The number of hydrogen-bond acceptors (Lipinski definition) is 3. The smallest absolute Gasteiger partial charge is 0.294 e. The predicted molar refractivity (Wildman–Crippen MR) is 58.4 cm³/mol. The van der Waals surface area contributed by atoms with Gasteiger partial charge in [0.1, 0.15) is 0 Å². The van der Waals surface area contributed by atoms with Gasteiger partial charge in [0.15, 0.2) is 5.78 Å². The Labute approximate surface area is 92.9 Å². The summed E-state index contributed by atoms with van der Waals surface area (Å²) in [5.41, 5.74) is 1.16. The minimum atomic E-state index is -0.485. The zero-order valence-corrected chi connectivity index (χ0v) is 8.90. The summed E-state index contributed by atoms with van der Waals surface area (Å²) in [4.78, 5) is 35.2. The van der Waals surface area contributed by atoms with Gasteiger partial charge in [-0.2, -0.15) is 0 Å². The zero-order valence-electron chi connectivity index (χ0n) is 8.90. The third kappa shape index (κ3) is 1.74. The van der Waals surface area contributed by atoms with Crippen LogP contribution in [0.1, 0.15) is 23.7 Å². The van der Waals surface area contributed by atoms with Gasteiger partial charge in [0.25, 0.3) is 5.91 Å². The summed E-state index contributed by atoms with van der Waals surface area (Å²) in [6.07, 6.45) is 0.253. The molecule has 1 aromatic rings. The van der Waals surface area contributed by atoms with Crippen LogP contribution in [0.15, 0.2) is 24.3 Å². The molecule has 0 atom stereocenters. The average molecular weight is 217 g/mol. The number of ketones is 2. The summed E-state index contributed by atoms with van der Waals surface area (Å²) in [5.74, 6) is -0.909. The third-order valence-corrected chi connectivity index (χ3v) is 2.61. The Balaban J connectivity index is 2.34. The van der Waals surface area contributed by atoms with Crippen molar-refractivity contribution in [3.63, 3.8) is 0 Å². The van der Waals surface area contributed by atoms with Crippen molar-refractivity contribution in [1.82, 2.24) is 0 Å². The summed E-state index contributed by atoms with van der Waals surface area (Å²) >= 11 is 0. The van der Waals surface area contributed by atoms with Crippen molar-refractivity contribution in [3.8, 4) is 0 Å². The molecule has 0 N–H and O–H groups in total. The summed E-state index contributed by atoms with van der Waals surface area (Å²) in [6.45, 7) is 1.87. The second kappa shape index (κ2) is 3.89. The monoisotopic (exact) mass is 217 g/mol. The molecule has 4 heteroatoms. The van der Waals surface area contributed by atoms with Crippen LogP contribution in [-0.2, 0) is 9.59 Å². The van der Waals surface area contributed by atoms with Crippen LogP contribution in [-0.4, -0.2) is 24.0 Å². The molecule has 16 heavy (non-hydrogen) atoms. The van der Waals surface area contributed by atoms with Gasteiger partial charge in [-0.3, -0.25) is 14.4 Å².